The highest BCUT2D eigenvalue weighted by Gasteiger charge is 2.26. The van der Waals surface area contributed by atoms with Gasteiger partial charge in [0.1, 0.15) is 5.75 Å². The average molecular weight is 497 g/mol. The van der Waals surface area contributed by atoms with Crippen LogP contribution in [0.1, 0.15) is 74.2 Å². The molecule has 3 aromatic carbocycles. The highest BCUT2D eigenvalue weighted by atomic mass is 19.2. The van der Waals surface area contributed by atoms with Crippen LogP contribution in [0, 0.1) is 23.4 Å². The summed E-state index contributed by atoms with van der Waals surface area (Å²) in [7, 11) is 0. The molecule has 0 N–H and O–H groups in total. The molecule has 3 aromatic rings. The minimum Gasteiger partial charge on any atom is -0.494 e. The van der Waals surface area contributed by atoms with E-state index in [0.717, 1.165) is 38.2 Å². The van der Waals surface area contributed by atoms with Crippen molar-refractivity contribution in [2.45, 2.75) is 58.3 Å². The molecule has 0 heterocycles. The molecular formula is C30H31F3O3. The molecule has 0 spiro atoms. The minimum atomic E-state index is -0.880. The lowest BCUT2D eigenvalue weighted by atomic mass is 9.77. The fourth-order valence-electron chi connectivity index (χ4n) is 5.04. The Morgan fingerprint density at radius 1 is 0.889 bits per heavy atom. The molecule has 36 heavy (non-hydrogen) atoms. The van der Waals surface area contributed by atoms with Crippen molar-refractivity contribution in [2.75, 3.05) is 6.61 Å². The van der Waals surface area contributed by atoms with Gasteiger partial charge in [0.15, 0.2) is 23.2 Å². The van der Waals surface area contributed by atoms with Crippen molar-refractivity contribution >= 4 is 5.97 Å². The minimum absolute atomic E-state index is 0.0433. The second kappa shape index (κ2) is 11.6. The Kier molecular flexibility index (Phi) is 8.34. The summed E-state index contributed by atoms with van der Waals surface area (Å²) in [5, 5.41) is 0. The topological polar surface area (TPSA) is 35.5 Å². The third kappa shape index (κ3) is 5.75. The lowest BCUT2D eigenvalue weighted by molar-refractivity contribution is 0.0727. The molecule has 3 nitrogen and oxygen atoms in total. The van der Waals surface area contributed by atoms with Crippen molar-refractivity contribution in [1.29, 1.82) is 0 Å². The zero-order valence-corrected chi connectivity index (χ0v) is 20.7. The summed E-state index contributed by atoms with van der Waals surface area (Å²) in [4.78, 5) is 12.5. The maximum Gasteiger partial charge on any atom is 0.343 e. The molecule has 0 atom stereocenters. The molecule has 0 amide bonds. The van der Waals surface area contributed by atoms with E-state index in [-0.39, 0.29) is 22.8 Å². The van der Waals surface area contributed by atoms with Gasteiger partial charge in [0, 0.05) is 11.6 Å². The first kappa shape index (κ1) is 25.8. The van der Waals surface area contributed by atoms with E-state index in [1.807, 2.05) is 0 Å². The Morgan fingerprint density at radius 2 is 1.61 bits per heavy atom. The second-order valence-electron chi connectivity index (χ2n) is 9.33. The van der Waals surface area contributed by atoms with Crippen LogP contribution < -0.4 is 9.47 Å². The fourth-order valence-corrected chi connectivity index (χ4v) is 5.04. The average Bonchev–Trinajstić information content (AvgIpc) is 2.88. The third-order valence-corrected chi connectivity index (χ3v) is 6.94. The number of benzene rings is 3. The Bertz CT molecular complexity index is 1200. The van der Waals surface area contributed by atoms with E-state index in [2.05, 4.69) is 6.92 Å². The largest absolute Gasteiger partial charge is 0.494 e. The molecule has 0 bridgehead atoms. The van der Waals surface area contributed by atoms with Crippen molar-refractivity contribution in [1.82, 2.24) is 0 Å². The van der Waals surface area contributed by atoms with Crippen molar-refractivity contribution < 1.29 is 27.4 Å². The van der Waals surface area contributed by atoms with Gasteiger partial charge in [0.25, 0.3) is 0 Å². The molecule has 6 heteroatoms. The second-order valence-corrected chi connectivity index (χ2v) is 9.33. The molecule has 190 valence electrons. The van der Waals surface area contributed by atoms with Crippen molar-refractivity contribution in [3.05, 3.63) is 83.2 Å². The number of hydrogen-bond donors (Lipinski definition) is 0. The van der Waals surface area contributed by atoms with Gasteiger partial charge in [0.05, 0.1) is 12.2 Å². The standard InChI is InChI=1S/C30H31F3O3/c1-3-5-19-6-8-20(9-7-19)24-15-16-25(29(33)28(24)32)21-10-12-22(13-11-21)30(34)36-27-17-14-23(35-4-2)18-26(27)31/h10-20H,3-9H2,1-2H3. The number of carbonyl (C=O) groups excluding carboxylic acids is 1. The molecular weight excluding hydrogens is 465 g/mol. The summed E-state index contributed by atoms with van der Waals surface area (Å²) in [6, 6.07) is 13.2. The normalized spacial score (nSPS) is 17.6. The molecule has 0 aliphatic heterocycles. The Hall–Kier alpha value is -3.28. The number of hydrogen-bond acceptors (Lipinski definition) is 3. The quantitative estimate of drug-likeness (QED) is 0.232. The maximum absolute atomic E-state index is 15.1. The van der Waals surface area contributed by atoms with Crippen LogP contribution in [-0.2, 0) is 0 Å². The number of carbonyl (C=O) groups is 1. The summed E-state index contributed by atoms with van der Waals surface area (Å²) in [6.45, 7) is 4.35. The SMILES string of the molecule is CCCC1CCC(c2ccc(-c3ccc(C(=O)Oc4ccc(OCC)cc4F)cc3)c(F)c2F)CC1. The molecule has 1 fully saturated rings. The van der Waals surface area contributed by atoms with Crippen LogP contribution in [0.2, 0.25) is 0 Å². The number of ether oxygens (including phenoxy) is 2. The maximum atomic E-state index is 15.1. The van der Waals surface area contributed by atoms with E-state index in [4.69, 9.17) is 9.47 Å². The van der Waals surface area contributed by atoms with Gasteiger partial charge in [-0.05, 0) is 79.8 Å². The zero-order valence-electron chi connectivity index (χ0n) is 20.7. The monoisotopic (exact) mass is 496 g/mol. The van der Waals surface area contributed by atoms with Crippen LogP contribution in [0.5, 0.6) is 11.5 Å². The fraction of sp³-hybridized carbons (Fsp3) is 0.367. The third-order valence-electron chi connectivity index (χ3n) is 6.94. The Labute approximate surface area is 210 Å². The summed E-state index contributed by atoms with van der Waals surface area (Å²) >= 11 is 0. The van der Waals surface area contributed by atoms with Gasteiger partial charge in [-0.1, -0.05) is 44.0 Å². The number of halogens is 3. The highest BCUT2D eigenvalue weighted by Crippen LogP contribution is 2.40. The van der Waals surface area contributed by atoms with Gasteiger partial charge in [-0.3, -0.25) is 0 Å². The summed E-state index contributed by atoms with van der Waals surface area (Å²) < 4.78 is 54.7. The first-order valence-corrected chi connectivity index (χ1v) is 12.6. The van der Waals surface area contributed by atoms with Crippen LogP contribution in [0.15, 0.2) is 54.6 Å². The van der Waals surface area contributed by atoms with Crippen molar-refractivity contribution in [3.8, 4) is 22.6 Å². The van der Waals surface area contributed by atoms with Crippen LogP contribution >= 0.6 is 0 Å². The number of rotatable bonds is 8. The van der Waals surface area contributed by atoms with Gasteiger partial charge < -0.3 is 9.47 Å². The summed E-state index contributed by atoms with van der Waals surface area (Å²) in [5.41, 5.74) is 1.18. The van der Waals surface area contributed by atoms with Crippen LogP contribution in [0.3, 0.4) is 0 Å². The van der Waals surface area contributed by atoms with Crippen molar-refractivity contribution in [2.24, 2.45) is 5.92 Å². The molecule has 4 rings (SSSR count). The molecule has 1 aliphatic rings. The smallest absolute Gasteiger partial charge is 0.343 e. The van der Waals surface area contributed by atoms with E-state index in [0.29, 0.717) is 29.4 Å². The molecule has 0 unspecified atom stereocenters. The van der Waals surface area contributed by atoms with Crippen molar-refractivity contribution in [3.63, 3.8) is 0 Å². The van der Waals surface area contributed by atoms with Crippen LogP contribution in [0.4, 0.5) is 13.2 Å². The van der Waals surface area contributed by atoms with Gasteiger partial charge >= 0.3 is 5.97 Å². The molecule has 1 saturated carbocycles. The predicted molar refractivity (Wildman–Crippen MR) is 134 cm³/mol. The Morgan fingerprint density at radius 3 is 2.25 bits per heavy atom. The van der Waals surface area contributed by atoms with Gasteiger partial charge in [-0.2, -0.15) is 0 Å². The predicted octanol–water partition coefficient (Wildman–Crippen LogP) is 8.46. The van der Waals surface area contributed by atoms with Gasteiger partial charge in [-0.15, -0.1) is 0 Å². The first-order valence-electron chi connectivity index (χ1n) is 12.6. The molecule has 0 saturated heterocycles. The lowest BCUT2D eigenvalue weighted by Gasteiger charge is -2.29. The summed E-state index contributed by atoms with van der Waals surface area (Å²) in [5.74, 6) is -2.30. The molecule has 0 radical (unpaired) electrons. The lowest BCUT2D eigenvalue weighted by Crippen LogP contribution is -2.15. The molecule has 1 aliphatic carbocycles. The van der Waals surface area contributed by atoms with Crippen LogP contribution in [-0.4, -0.2) is 12.6 Å². The van der Waals surface area contributed by atoms with E-state index < -0.39 is 23.4 Å². The van der Waals surface area contributed by atoms with E-state index in [9.17, 15) is 9.18 Å². The zero-order chi connectivity index (χ0) is 25.7. The highest BCUT2D eigenvalue weighted by molar-refractivity contribution is 5.91. The molecule has 0 aromatic heterocycles. The van der Waals surface area contributed by atoms with E-state index in [1.165, 1.54) is 42.8 Å². The Balaban J connectivity index is 1.46. The first-order chi connectivity index (χ1) is 17.4. The number of esters is 1. The van der Waals surface area contributed by atoms with Gasteiger partial charge in [0.2, 0.25) is 0 Å². The van der Waals surface area contributed by atoms with E-state index in [1.54, 1.807) is 19.1 Å². The van der Waals surface area contributed by atoms with Crippen LogP contribution in [0.25, 0.3) is 11.1 Å². The van der Waals surface area contributed by atoms with Gasteiger partial charge in [-0.25, -0.2) is 18.0 Å². The van der Waals surface area contributed by atoms with E-state index >= 15 is 8.78 Å². The summed E-state index contributed by atoms with van der Waals surface area (Å²) in [6.07, 6.45) is 6.22.